The quantitative estimate of drug-likeness (QED) is 0.115. The highest BCUT2D eigenvalue weighted by Crippen LogP contribution is 2.42. The van der Waals surface area contributed by atoms with Crippen LogP contribution in [-0.2, 0) is 17.9 Å². The third kappa shape index (κ3) is 4.13. The van der Waals surface area contributed by atoms with Crippen LogP contribution in [0.1, 0.15) is 58.8 Å². The molecule has 0 bridgehead atoms. The Bertz CT molecular complexity index is 2420. The second-order valence-electron chi connectivity index (χ2n) is 14.6. The highest BCUT2D eigenvalue weighted by Gasteiger charge is 2.28. The van der Waals surface area contributed by atoms with Gasteiger partial charge in [-0.1, -0.05) is 96.1 Å². The van der Waals surface area contributed by atoms with Crippen LogP contribution >= 0.6 is 0 Å². The molecular formula is C40H38N5+. The van der Waals surface area contributed by atoms with Crippen molar-refractivity contribution in [3.8, 4) is 22.5 Å². The average Bonchev–Trinajstić information content (AvgIpc) is 3.34. The van der Waals surface area contributed by atoms with Crippen molar-refractivity contribution in [1.29, 1.82) is 0 Å². The molecular weight excluding hydrogens is 550 g/mol. The lowest BCUT2D eigenvalue weighted by atomic mass is 9.92. The lowest BCUT2D eigenvalue weighted by Crippen LogP contribution is -2.29. The topological polar surface area (TPSA) is 47.0 Å². The highest BCUT2D eigenvalue weighted by molar-refractivity contribution is 6.26. The molecule has 0 N–H and O–H groups in total. The summed E-state index contributed by atoms with van der Waals surface area (Å²) >= 11 is 0. The van der Waals surface area contributed by atoms with Crippen LogP contribution in [0.25, 0.3) is 71.5 Å². The number of pyridine rings is 2. The molecule has 5 nitrogen and oxygen atoms in total. The first-order chi connectivity index (χ1) is 21.4. The van der Waals surface area contributed by atoms with Crippen LogP contribution in [0, 0.1) is 6.92 Å². The van der Waals surface area contributed by atoms with E-state index in [1.807, 2.05) is 0 Å². The fourth-order valence-electron chi connectivity index (χ4n) is 6.83. The van der Waals surface area contributed by atoms with Crippen molar-refractivity contribution in [3.63, 3.8) is 0 Å². The van der Waals surface area contributed by atoms with Crippen LogP contribution in [0.5, 0.6) is 0 Å². The van der Waals surface area contributed by atoms with Crippen LogP contribution in [0.4, 0.5) is 0 Å². The van der Waals surface area contributed by atoms with E-state index in [4.69, 9.17) is 15.0 Å². The van der Waals surface area contributed by atoms with Crippen molar-refractivity contribution in [1.82, 2.24) is 19.4 Å². The molecule has 8 rings (SSSR count). The second-order valence-corrected chi connectivity index (χ2v) is 14.6. The Balaban J connectivity index is 1.56. The number of benzene rings is 4. The third-order valence-electron chi connectivity index (χ3n) is 9.17. The van der Waals surface area contributed by atoms with Crippen molar-refractivity contribution in [2.24, 2.45) is 7.05 Å². The fraction of sp³-hybridized carbons (Fsp3) is 0.250. The van der Waals surface area contributed by atoms with Crippen LogP contribution in [0.2, 0.25) is 0 Å². The first-order valence-corrected chi connectivity index (χ1v) is 15.8. The van der Waals surface area contributed by atoms with Crippen LogP contribution in [0.3, 0.4) is 0 Å². The molecule has 0 spiro atoms. The van der Waals surface area contributed by atoms with E-state index in [2.05, 4.69) is 150 Å². The maximum absolute atomic E-state index is 5.10. The molecule has 0 amide bonds. The molecule has 0 aliphatic rings. The molecule has 0 aliphatic carbocycles. The van der Waals surface area contributed by atoms with E-state index < -0.39 is 0 Å². The number of rotatable bonds is 2. The monoisotopic (exact) mass is 588 g/mol. The van der Waals surface area contributed by atoms with Crippen molar-refractivity contribution in [3.05, 3.63) is 102 Å². The molecule has 0 radical (unpaired) electrons. The summed E-state index contributed by atoms with van der Waals surface area (Å²) in [7, 11) is 2.16. The molecule has 0 atom stereocenters. The predicted molar refractivity (Wildman–Crippen MR) is 186 cm³/mol. The molecule has 4 aromatic carbocycles. The van der Waals surface area contributed by atoms with Gasteiger partial charge in [-0.3, -0.25) is 0 Å². The van der Waals surface area contributed by atoms with Crippen molar-refractivity contribution in [2.75, 3.05) is 0 Å². The SMILES string of the molecule is Cc1ccc2c3ccc(-c4ccccc4)cc3n3c4cc(-c5nc(C(C)(C)C)nc(C(C)(C)C)n5)cc5cc[n+](C)c(c1c23)c54. The molecule has 0 fully saturated rings. The molecule has 4 heterocycles. The van der Waals surface area contributed by atoms with Gasteiger partial charge in [0, 0.05) is 33.2 Å². The normalized spacial score (nSPS) is 12.9. The van der Waals surface area contributed by atoms with Crippen molar-refractivity contribution < 1.29 is 4.57 Å². The lowest BCUT2D eigenvalue weighted by Gasteiger charge is -2.23. The predicted octanol–water partition coefficient (Wildman–Crippen LogP) is 9.24. The average molecular weight is 589 g/mol. The lowest BCUT2D eigenvalue weighted by molar-refractivity contribution is -0.643. The van der Waals surface area contributed by atoms with Gasteiger partial charge in [0.15, 0.2) is 12.0 Å². The van der Waals surface area contributed by atoms with Gasteiger partial charge in [0.25, 0.3) is 0 Å². The van der Waals surface area contributed by atoms with Gasteiger partial charge in [-0.05, 0) is 47.2 Å². The summed E-state index contributed by atoms with van der Waals surface area (Å²) < 4.78 is 4.77. The second kappa shape index (κ2) is 9.31. The Morgan fingerprint density at radius 1 is 0.622 bits per heavy atom. The summed E-state index contributed by atoms with van der Waals surface area (Å²) in [5.74, 6) is 2.35. The third-order valence-corrected chi connectivity index (χ3v) is 9.17. The van der Waals surface area contributed by atoms with Crippen LogP contribution < -0.4 is 4.57 Å². The van der Waals surface area contributed by atoms with E-state index in [-0.39, 0.29) is 10.8 Å². The number of hydrogen-bond acceptors (Lipinski definition) is 3. The highest BCUT2D eigenvalue weighted by atomic mass is 15.1. The molecule has 4 aromatic heterocycles. The summed E-state index contributed by atoms with van der Waals surface area (Å²) in [5.41, 5.74) is 9.14. The first kappa shape index (κ1) is 27.6. The molecule has 5 heteroatoms. The Morgan fingerprint density at radius 3 is 1.98 bits per heavy atom. The van der Waals surface area contributed by atoms with Gasteiger partial charge in [0.05, 0.1) is 27.3 Å². The Kier molecular flexibility index (Phi) is 5.71. The summed E-state index contributed by atoms with van der Waals surface area (Å²) in [4.78, 5) is 15.2. The van der Waals surface area contributed by atoms with Crippen LogP contribution in [-0.4, -0.2) is 19.4 Å². The summed E-state index contributed by atoms with van der Waals surface area (Å²) in [5, 5.41) is 6.24. The molecule has 8 aromatic rings. The molecule has 0 saturated heterocycles. The van der Waals surface area contributed by atoms with Crippen LogP contribution in [0.15, 0.2) is 85.1 Å². The van der Waals surface area contributed by atoms with Gasteiger partial charge in [0.2, 0.25) is 5.52 Å². The summed E-state index contributed by atoms with van der Waals surface area (Å²) in [6.07, 6.45) is 2.18. The van der Waals surface area contributed by atoms with Gasteiger partial charge in [-0.15, -0.1) is 0 Å². The van der Waals surface area contributed by atoms with E-state index in [9.17, 15) is 0 Å². The van der Waals surface area contributed by atoms with E-state index in [1.165, 1.54) is 60.2 Å². The summed E-state index contributed by atoms with van der Waals surface area (Å²) in [6.45, 7) is 15.2. The van der Waals surface area contributed by atoms with E-state index >= 15 is 0 Å². The summed E-state index contributed by atoms with van der Waals surface area (Å²) in [6, 6.07) is 28.9. The maximum Gasteiger partial charge on any atom is 0.224 e. The smallest absolute Gasteiger partial charge is 0.224 e. The molecule has 0 unspecified atom stereocenters. The molecule has 45 heavy (non-hydrogen) atoms. The Labute approximate surface area is 263 Å². The van der Waals surface area contributed by atoms with Gasteiger partial charge >= 0.3 is 0 Å². The molecule has 0 saturated carbocycles. The van der Waals surface area contributed by atoms with E-state index in [1.54, 1.807) is 0 Å². The van der Waals surface area contributed by atoms with Gasteiger partial charge in [-0.2, -0.15) is 0 Å². The van der Waals surface area contributed by atoms with E-state index in [0.29, 0.717) is 0 Å². The van der Waals surface area contributed by atoms with Crippen molar-refractivity contribution in [2.45, 2.75) is 59.3 Å². The minimum Gasteiger partial charge on any atom is -0.307 e. The number of hydrogen-bond donors (Lipinski definition) is 0. The van der Waals surface area contributed by atoms with E-state index in [0.717, 1.165) is 28.6 Å². The zero-order chi connectivity index (χ0) is 31.4. The largest absolute Gasteiger partial charge is 0.307 e. The molecule has 0 aliphatic heterocycles. The standard InChI is InChI=1S/C40H38N5/c1-23-14-16-29-28-17-15-25(24-12-10-9-11-13-24)21-30(28)45-31-22-27(20-26-18-19-44(8)35(33(26)31)32(23)34(29)45)36-41-37(39(2,3)4)43-38(42-36)40(5,6)7/h9-22H,1-8H3/q+1. The maximum atomic E-state index is 5.10. The zero-order valence-electron chi connectivity index (χ0n) is 27.3. The number of nitrogens with zero attached hydrogens (tertiary/aromatic N) is 5. The number of aryl methyl sites for hydroxylation is 2. The fourth-order valence-corrected chi connectivity index (χ4v) is 6.83. The van der Waals surface area contributed by atoms with Gasteiger partial charge in [0.1, 0.15) is 18.7 Å². The van der Waals surface area contributed by atoms with Crippen molar-refractivity contribution >= 4 is 49.0 Å². The number of fused-ring (bicyclic) bond motifs is 5. The van der Waals surface area contributed by atoms with Gasteiger partial charge in [-0.25, -0.2) is 19.5 Å². The number of aromatic nitrogens is 5. The minimum atomic E-state index is -0.211. The first-order valence-electron chi connectivity index (χ1n) is 15.8. The Morgan fingerprint density at radius 2 is 1.29 bits per heavy atom. The van der Waals surface area contributed by atoms with Gasteiger partial charge < -0.3 is 4.40 Å². The zero-order valence-corrected chi connectivity index (χ0v) is 27.3. The minimum absolute atomic E-state index is 0.211. The Hall–Kier alpha value is -4.90. The molecule has 222 valence electrons.